The van der Waals surface area contributed by atoms with Gasteiger partial charge < -0.3 is 10.1 Å². The topological polar surface area (TPSA) is 50.4 Å². The Morgan fingerprint density at radius 3 is 2.17 bits per heavy atom. The number of ether oxygens (including phenoxy) is 1. The van der Waals surface area contributed by atoms with E-state index in [4.69, 9.17) is 17.0 Å². The Hall–Kier alpha value is -2.40. The van der Waals surface area contributed by atoms with E-state index in [-0.39, 0.29) is 17.6 Å². The third kappa shape index (κ3) is 5.06. The van der Waals surface area contributed by atoms with Gasteiger partial charge in [0.15, 0.2) is 11.7 Å². The second-order valence-electron chi connectivity index (χ2n) is 5.88. The van der Waals surface area contributed by atoms with Gasteiger partial charge in [0, 0.05) is 5.69 Å². The normalized spacial score (nSPS) is 10.2. The fourth-order valence-corrected chi connectivity index (χ4v) is 2.68. The molecule has 0 spiro atoms. The maximum absolute atomic E-state index is 11.9. The highest BCUT2D eigenvalue weighted by molar-refractivity contribution is 7.80. The largest absolute Gasteiger partial charge is 0.484 e. The molecule has 0 bridgehead atoms. The van der Waals surface area contributed by atoms with Crippen molar-refractivity contribution in [1.82, 2.24) is 5.32 Å². The molecule has 2 aromatic carbocycles. The predicted molar refractivity (Wildman–Crippen MR) is 102 cm³/mol. The molecule has 0 saturated heterocycles. The summed E-state index contributed by atoms with van der Waals surface area (Å²) in [6.45, 7) is 7.97. The number of nitrogens with one attached hydrogen (secondary N) is 2. The van der Waals surface area contributed by atoms with Crippen LogP contribution < -0.4 is 15.4 Å². The number of thiocarbonyl (C=S) groups is 1. The number of amides is 1. The van der Waals surface area contributed by atoms with Gasteiger partial charge in [-0.2, -0.15) is 0 Å². The highest BCUT2D eigenvalue weighted by Gasteiger charge is 2.09. The number of aryl methyl sites for hydroxylation is 4. The molecule has 2 N–H and O–H groups in total. The van der Waals surface area contributed by atoms with Gasteiger partial charge >= 0.3 is 0 Å². The van der Waals surface area contributed by atoms with E-state index in [1.807, 2.05) is 52.0 Å². The number of hydrogen-bond donors (Lipinski definition) is 2. The predicted octanol–water partition coefficient (Wildman–Crippen LogP) is 3.81. The molecular weight excluding hydrogens is 320 g/mol. The number of rotatable bonds is 4. The van der Waals surface area contributed by atoms with E-state index in [1.165, 1.54) is 5.56 Å². The summed E-state index contributed by atoms with van der Waals surface area (Å²) in [5, 5.41) is 5.99. The quantitative estimate of drug-likeness (QED) is 0.830. The Labute approximate surface area is 148 Å². The summed E-state index contributed by atoms with van der Waals surface area (Å²) in [7, 11) is 0. The maximum atomic E-state index is 11.9. The number of benzene rings is 2. The summed E-state index contributed by atoms with van der Waals surface area (Å²) in [5.41, 5.74) is 5.42. The van der Waals surface area contributed by atoms with Crippen molar-refractivity contribution >= 4 is 28.9 Å². The van der Waals surface area contributed by atoms with Crippen LogP contribution in [0.5, 0.6) is 5.75 Å². The van der Waals surface area contributed by atoms with Crippen LogP contribution in [0.15, 0.2) is 36.4 Å². The highest BCUT2D eigenvalue weighted by atomic mass is 32.1. The zero-order valence-electron chi connectivity index (χ0n) is 14.4. The summed E-state index contributed by atoms with van der Waals surface area (Å²) in [5.74, 6) is 0.357. The number of carbonyl (C=O) groups is 1. The molecule has 0 radical (unpaired) electrons. The fourth-order valence-electron chi connectivity index (χ4n) is 2.47. The molecule has 0 unspecified atom stereocenters. The molecular formula is C19H22N2O2S. The first kappa shape index (κ1) is 17.9. The van der Waals surface area contributed by atoms with E-state index in [0.29, 0.717) is 5.75 Å². The minimum atomic E-state index is -0.296. The highest BCUT2D eigenvalue weighted by Crippen LogP contribution is 2.21. The van der Waals surface area contributed by atoms with Crippen molar-refractivity contribution in [3.63, 3.8) is 0 Å². The van der Waals surface area contributed by atoms with Crippen molar-refractivity contribution in [2.75, 3.05) is 11.9 Å². The average molecular weight is 342 g/mol. The lowest BCUT2D eigenvalue weighted by Crippen LogP contribution is -2.37. The molecule has 0 heterocycles. The summed E-state index contributed by atoms with van der Waals surface area (Å²) >= 11 is 5.21. The third-order valence-electron chi connectivity index (χ3n) is 3.56. The molecule has 0 fully saturated rings. The second-order valence-corrected chi connectivity index (χ2v) is 6.29. The SMILES string of the molecule is Cc1ccc(OCC(=O)NC(=S)Nc2c(C)cc(C)cc2C)cc1. The van der Waals surface area contributed by atoms with Crippen LogP contribution in [-0.4, -0.2) is 17.6 Å². The van der Waals surface area contributed by atoms with E-state index in [2.05, 4.69) is 22.8 Å². The Kier molecular flexibility index (Phi) is 5.93. The summed E-state index contributed by atoms with van der Waals surface area (Å²) in [6, 6.07) is 11.7. The average Bonchev–Trinajstić information content (AvgIpc) is 2.50. The van der Waals surface area contributed by atoms with Gasteiger partial charge in [0.25, 0.3) is 5.91 Å². The van der Waals surface area contributed by atoms with Gasteiger partial charge in [-0.25, -0.2) is 0 Å². The molecule has 0 aliphatic heterocycles. The Morgan fingerprint density at radius 2 is 1.58 bits per heavy atom. The van der Waals surface area contributed by atoms with Gasteiger partial charge in [-0.15, -0.1) is 0 Å². The van der Waals surface area contributed by atoms with E-state index in [1.54, 1.807) is 0 Å². The first-order chi connectivity index (χ1) is 11.3. The lowest BCUT2D eigenvalue weighted by molar-refractivity contribution is -0.121. The Balaban J connectivity index is 1.88. The zero-order valence-corrected chi connectivity index (χ0v) is 15.2. The molecule has 126 valence electrons. The molecule has 0 aromatic heterocycles. The van der Waals surface area contributed by atoms with Crippen LogP contribution in [0.4, 0.5) is 5.69 Å². The standard InChI is InChI=1S/C19H22N2O2S/c1-12-5-7-16(8-6-12)23-11-17(22)20-19(24)21-18-14(3)9-13(2)10-15(18)4/h5-10H,11H2,1-4H3,(H2,20,21,22,24). The molecule has 0 atom stereocenters. The van der Waals surface area contributed by atoms with Crippen molar-refractivity contribution in [3.05, 3.63) is 58.7 Å². The molecule has 0 aliphatic carbocycles. The van der Waals surface area contributed by atoms with Gasteiger partial charge in [-0.05, 0) is 63.2 Å². The van der Waals surface area contributed by atoms with Crippen LogP contribution in [0.2, 0.25) is 0 Å². The van der Waals surface area contributed by atoms with Crippen molar-refractivity contribution in [2.45, 2.75) is 27.7 Å². The molecule has 0 aliphatic rings. The minimum absolute atomic E-state index is 0.0866. The first-order valence-electron chi connectivity index (χ1n) is 7.73. The molecule has 0 saturated carbocycles. The maximum Gasteiger partial charge on any atom is 0.264 e. The summed E-state index contributed by atoms with van der Waals surface area (Å²) in [6.07, 6.45) is 0. The lowest BCUT2D eigenvalue weighted by atomic mass is 10.1. The number of hydrogen-bond acceptors (Lipinski definition) is 3. The van der Waals surface area contributed by atoms with E-state index in [9.17, 15) is 4.79 Å². The van der Waals surface area contributed by atoms with Crippen LogP contribution >= 0.6 is 12.2 Å². The first-order valence-corrected chi connectivity index (χ1v) is 8.14. The molecule has 24 heavy (non-hydrogen) atoms. The molecule has 4 nitrogen and oxygen atoms in total. The lowest BCUT2D eigenvalue weighted by Gasteiger charge is -2.15. The van der Waals surface area contributed by atoms with Crippen LogP contribution in [0.3, 0.4) is 0 Å². The van der Waals surface area contributed by atoms with Gasteiger partial charge in [0.1, 0.15) is 5.75 Å². The Bertz CT molecular complexity index is 731. The zero-order chi connectivity index (χ0) is 17.7. The monoisotopic (exact) mass is 342 g/mol. The van der Waals surface area contributed by atoms with E-state index in [0.717, 1.165) is 22.4 Å². The number of carbonyl (C=O) groups excluding carboxylic acids is 1. The minimum Gasteiger partial charge on any atom is -0.484 e. The molecule has 5 heteroatoms. The van der Waals surface area contributed by atoms with Crippen LogP contribution in [0, 0.1) is 27.7 Å². The third-order valence-corrected chi connectivity index (χ3v) is 3.76. The number of anilines is 1. The van der Waals surface area contributed by atoms with Gasteiger partial charge in [0.2, 0.25) is 0 Å². The van der Waals surface area contributed by atoms with Crippen molar-refractivity contribution in [1.29, 1.82) is 0 Å². The summed E-state index contributed by atoms with van der Waals surface area (Å²) in [4.78, 5) is 11.9. The Morgan fingerprint density at radius 1 is 1.00 bits per heavy atom. The summed E-state index contributed by atoms with van der Waals surface area (Å²) < 4.78 is 5.44. The fraction of sp³-hybridized carbons (Fsp3) is 0.263. The second kappa shape index (κ2) is 7.93. The van der Waals surface area contributed by atoms with Crippen molar-refractivity contribution in [3.8, 4) is 5.75 Å². The van der Waals surface area contributed by atoms with Crippen molar-refractivity contribution < 1.29 is 9.53 Å². The van der Waals surface area contributed by atoms with E-state index < -0.39 is 0 Å². The van der Waals surface area contributed by atoms with Gasteiger partial charge in [-0.3, -0.25) is 10.1 Å². The smallest absolute Gasteiger partial charge is 0.264 e. The van der Waals surface area contributed by atoms with Crippen LogP contribution in [-0.2, 0) is 4.79 Å². The van der Waals surface area contributed by atoms with E-state index >= 15 is 0 Å². The van der Waals surface area contributed by atoms with Gasteiger partial charge in [-0.1, -0.05) is 35.4 Å². The van der Waals surface area contributed by atoms with Crippen LogP contribution in [0.1, 0.15) is 22.3 Å². The van der Waals surface area contributed by atoms with Crippen LogP contribution in [0.25, 0.3) is 0 Å². The molecule has 1 amide bonds. The molecule has 2 aromatic rings. The molecule has 2 rings (SSSR count). The van der Waals surface area contributed by atoms with Gasteiger partial charge in [0.05, 0.1) is 0 Å². The van der Waals surface area contributed by atoms with Crippen molar-refractivity contribution in [2.24, 2.45) is 0 Å².